The quantitative estimate of drug-likeness (QED) is 0.307. The van der Waals surface area contributed by atoms with Crippen molar-refractivity contribution in [2.24, 2.45) is 4.99 Å². The minimum Gasteiger partial charge on any atom is -0.489 e. The second-order valence-corrected chi connectivity index (χ2v) is 7.87. The van der Waals surface area contributed by atoms with E-state index >= 15 is 0 Å². The molecule has 1 heterocycles. The van der Waals surface area contributed by atoms with Gasteiger partial charge >= 0.3 is 0 Å². The summed E-state index contributed by atoms with van der Waals surface area (Å²) in [5.41, 5.74) is 1.13. The first-order valence-electron chi connectivity index (χ1n) is 10.7. The molecule has 1 unspecified atom stereocenters. The molecule has 8 heteroatoms. The zero-order valence-corrected chi connectivity index (χ0v) is 21.3. The van der Waals surface area contributed by atoms with Gasteiger partial charge in [-0.1, -0.05) is 18.2 Å². The lowest BCUT2D eigenvalue weighted by atomic mass is 10.2. The number of nitrogens with one attached hydrogen (secondary N) is 2. The summed E-state index contributed by atoms with van der Waals surface area (Å²) in [6.45, 7) is 15.4. The van der Waals surface area contributed by atoms with Gasteiger partial charge in [-0.15, -0.1) is 24.0 Å². The number of nitrogens with zero attached hydrogens (tertiary/aromatic N) is 3. The number of benzene rings is 1. The molecular formula is C22H38IN5O2. The average Bonchev–Trinajstić information content (AvgIpc) is 2.67. The summed E-state index contributed by atoms with van der Waals surface area (Å²) >= 11 is 0. The molecular weight excluding hydrogens is 493 g/mol. The van der Waals surface area contributed by atoms with Crippen molar-refractivity contribution in [3.63, 3.8) is 0 Å². The molecule has 1 fully saturated rings. The molecule has 170 valence electrons. The van der Waals surface area contributed by atoms with Crippen molar-refractivity contribution < 1.29 is 9.53 Å². The van der Waals surface area contributed by atoms with E-state index in [4.69, 9.17) is 9.73 Å². The normalized spacial score (nSPS) is 16.1. The lowest BCUT2D eigenvalue weighted by Crippen LogP contribution is -2.54. The van der Waals surface area contributed by atoms with Crippen LogP contribution in [0, 0.1) is 6.92 Å². The fourth-order valence-corrected chi connectivity index (χ4v) is 3.27. The Labute approximate surface area is 198 Å². The lowest BCUT2D eigenvalue weighted by molar-refractivity contribution is -0.123. The second-order valence-electron chi connectivity index (χ2n) is 7.87. The van der Waals surface area contributed by atoms with Crippen LogP contribution in [0.4, 0.5) is 0 Å². The number of hydrogen-bond acceptors (Lipinski definition) is 4. The molecule has 0 bridgehead atoms. The van der Waals surface area contributed by atoms with Crippen LogP contribution >= 0.6 is 24.0 Å². The highest BCUT2D eigenvalue weighted by Crippen LogP contribution is 2.17. The lowest BCUT2D eigenvalue weighted by Gasteiger charge is -2.36. The molecule has 1 aliphatic heterocycles. The van der Waals surface area contributed by atoms with E-state index < -0.39 is 0 Å². The summed E-state index contributed by atoms with van der Waals surface area (Å²) in [5, 5.41) is 6.34. The third-order valence-electron chi connectivity index (χ3n) is 4.74. The zero-order valence-electron chi connectivity index (χ0n) is 19.0. The molecule has 1 aromatic carbocycles. The predicted octanol–water partition coefficient (Wildman–Crippen LogP) is 2.49. The number of carbonyl (C=O) groups is 1. The van der Waals surface area contributed by atoms with Crippen molar-refractivity contribution in [1.29, 1.82) is 0 Å². The highest BCUT2D eigenvalue weighted by atomic mass is 127. The Bertz CT molecular complexity index is 675. The largest absolute Gasteiger partial charge is 0.489 e. The SMILES string of the molecule is CCNC(=NCC(C)Oc1ccccc1C)N1CCN(CC(=O)NC(C)C)CC1.I. The maximum atomic E-state index is 12.0. The fourth-order valence-electron chi connectivity index (χ4n) is 3.27. The van der Waals surface area contributed by atoms with E-state index in [-0.39, 0.29) is 42.0 Å². The Morgan fingerprint density at radius 1 is 1.17 bits per heavy atom. The topological polar surface area (TPSA) is 69.2 Å². The van der Waals surface area contributed by atoms with Crippen molar-refractivity contribution >= 4 is 35.8 Å². The van der Waals surface area contributed by atoms with E-state index in [1.807, 2.05) is 39.0 Å². The standard InChI is InChI=1S/C22H37N5O2.HI/c1-6-23-22(24-15-19(5)29-20-10-8-7-9-18(20)4)27-13-11-26(12-14-27)16-21(28)25-17(2)3;/h7-10,17,19H,6,11-16H2,1-5H3,(H,23,24)(H,25,28);1H. The number of hydrogen-bond donors (Lipinski definition) is 2. The first kappa shape index (κ1) is 26.5. The van der Waals surface area contributed by atoms with E-state index in [2.05, 4.69) is 40.3 Å². The molecule has 2 rings (SSSR count). The second kappa shape index (κ2) is 13.7. The maximum Gasteiger partial charge on any atom is 0.234 e. The van der Waals surface area contributed by atoms with Gasteiger partial charge in [-0.25, -0.2) is 4.99 Å². The molecule has 30 heavy (non-hydrogen) atoms. The van der Waals surface area contributed by atoms with Crippen LogP contribution in [0.25, 0.3) is 0 Å². The van der Waals surface area contributed by atoms with Gasteiger partial charge in [0.15, 0.2) is 5.96 Å². The van der Waals surface area contributed by atoms with E-state index in [1.54, 1.807) is 0 Å². The Kier molecular flexibility index (Phi) is 12.1. The first-order valence-corrected chi connectivity index (χ1v) is 10.7. The number of amides is 1. The van der Waals surface area contributed by atoms with Gasteiger partial charge in [0.25, 0.3) is 0 Å². The van der Waals surface area contributed by atoms with Gasteiger partial charge in [0.05, 0.1) is 13.1 Å². The summed E-state index contributed by atoms with van der Waals surface area (Å²) in [7, 11) is 0. The number of carbonyl (C=O) groups excluding carboxylic acids is 1. The third kappa shape index (κ3) is 9.07. The minimum atomic E-state index is -0.00854. The first-order chi connectivity index (χ1) is 13.9. The van der Waals surface area contributed by atoms with Crippen LogP contribution in [-0.4, -0.2) is 79.6 Å². The molecule has 1 aliphatic rings. The van der Waals surface area contributed by atoms with Crippen LogP contribution in [0.1, 0.15) is 33.3 Å². The van der Waals surface area contributed by atoms with Crippen LogP contribution in [0.2, 0.25) is 0 Å². The van der Waals surface area contributed by atoms with Crippen molar-refractivity contribution in [1.82, 2.24) is 20.4 Å². The highest BCUT2D eigenvalue weighted by molar-refractivity contribution is 14.0. The molecule has 0 aliphatic carbocycles. The number of aliphatic imine (C=N–C) groups is 1. The van der Waals surface area contributed by atoms with E-state index in [0.29, 0.717) is 13.1 Å². The van der Waals surface area contributed by atoms with Gasteiger partial charge in [-0.05, 0) is 46.2 Å². The van der Waals surface area contributed by atoms with Gasteiger partial charge < -0.3 is 20.3 Å². The Morgan fingerprint density at radius 3 is 2.43 bits per heavy atom. The summed E-state index contributed by atoms with van der Waals surface area (Å²) in [5.74, 6) is 1.92. The molecule has 0 saturated carbocycles. The smallest absolute Gasteiger partial charge is 0.234 e. The van der Waals surface area contributed by atoms with Crippen LogP contribution in [0.15, 0.2) is 29.3 Å². The molecule has 2 N–H and O–H groups in total. The predicted molar refractivity (Wildman–Crippen MR) is 134 cm³/mol. The molecule has 0 radical (unpaired) electrons. The number of aryl methyl sites for hydroxylation is 1. The van der Waals surface area contributed by atoms with Gasteiger partial charge in [0.1, 0.15) is 11.9 Å². The van der Waals surface area contributed by atoms with Gasteiger partial charge in [-0.3, -0.25) is 9.69 Å². The average molecular weight is 531 g/mol. The summed E-state index contributed by atoms with van der Waals surface area (Å²) in [6, 6.07) is 8.23. The Morgan fingerprint density at radius 2 is 1.83 bits per heavy atom. The van der Waals surface area contributed by atoms with Gasteiger partial charge in [0.2, 0.25) is 5.91 Å². The number of piperazine rings is 1. The van der Waals surface area contributed by atoms with Crippen molar-refractivity contribution in [3.05, 3.63) is 29.8 Å². The highest BCUT2D eigenvalue weighted by Gasteiger charge is 2.21. The van der Waals surface area contributed by atoms with Crippen molar-refractivity contribution in [2.45, 2.75) is 46.8 Å². The molecule has 0 spiro atoms. The number of para-hydroxylation sites is 1. The number of rotatable bonds is 8. The monoisotopic (exact) mass is 531 g/mol. The Balaban J connectivity index is 0.00000450. The molecule has 1 atom stereocenters. The fraction of sp³-hybridized carbons (Fsp3) is 0.636. The molecule has 0 aromatic heterocycles. The van der Waals surface area contributed by atoms with Gasteiger partial charge in [-0.2, -0.15) is 0 Å². The zero-order chi connectivity index (χ0) is 21.2. The molecule has 1 aromatic rings. The number of ether oxygens (including phenoxy) is 1. The van der Waals surface area contributed by atoms with Crippen LogP contribution in [0.3, 0.4) is 0 Å². The van der Waals surface area contributed by atoms with Crippen LogP contribution in [0.5, 0.6) is 5.75 Å². The van der Waals surface area contributed by atoms with Crippen molar-refractivity contribution in [2.75, 3.05) is 45.8 Å². The summed E-state index contributed by atoms with van der Waals surface area (Å²) < 4.78 is 6.05. The molecule has 1 saturated heterocycles. The third-order valence-corrected chi connectivity index (χ3v) is 4.74. The number of guanidine groups is 1. The van der Waals surface area contributed by atoms with E-state index in [9.17, 15) is 4.79 Å². The van der Waals surface area contributed by atoms with Crippen LogP contribution < -0.4 is 15.4 Å². The Hall–Kier alpha value is -1.55. The maximum absolute atomic E-state index is 12.0. The number of halogens is 1. The van der Waals surface area contributed by atoms with Gasteiger partial charge in [0, 0.05) is 38.8 Å². The van der Waals surface area contributed by atoms with Crippen LogP contribution in [-0.2, 0) is 4.79 Å². The minimum absolute atomic E-state index is 0. The molecule has 7 nitrogen and oxygen atoms in total. The van der Waals surface area contributed by atoms with E-state index in [1.165, 1.54) is 0 Å². The summed E-state index contributed by atoms with van der Waals surface area (Å²) in [6.07, 6.45) is -0.00854. The molecule has 1 amide bonds. The summed E-state index contributed by atoms with van der Waals surface area (Å²) in [4.78, 5) is 21.2. The van der Waals surface area contributed by atoms with Crippen molar-refractivity contribution in [3.8, 4) is 5.75 Å². The van der Waals surface area contributed by atoms with E-state index in [0.717, 1.165) is 50.0 Å².